The van der Waals surface area contributed by atoms with Crippen LogP contribution in [0.1, 0.15) is 32.5 Å². The summed E-state index contributed by atoms with van der Waals surface area (Å²) in [5.41, 5.74) is 5.78. The number of aryl methyl sites for hydroxylation is 1. The van der Waals surface area contributed by atoms with Crippen molar-refractivity contribution < 1.29 is 4.74 Å². The lowest BCUT2D eigenvalue weighted by molar-refractivity contribution is 0.108. The van der Waals surface area contributed by atoms with Crippen LogP contribution in [0.2, 0.25) is 0 Å². The zero-order valence-corrected chi connectivity index (χ0v) is 11.1. The van der Waals surface area contributed by atoms with E-state index in [4.69, 9.17) is 10.5 Å². The van der Waals surface area contributed by atoms with E-state index in [2.05, 4.69) is 29.1 Å². The smallest absolute Gasteiger partial charge is 0.133 e. The third-order valence-electron chi connectivity index (χ3n) is 3.34. The van der Waals surface area contributed by atoms with Gasteiger partial charge in [-0.05, 0) is 19.8 Å². The molecule has 2 atom stereocenters. The van der Waals surface area contributed by atoms with E-state index in [-0.39, 0.29) is 0 Å². The van der Waals surface area contributed by atoms with Crippen LogP contribution in [-0.4, -0.2) is 29.2 Å². The lowest BCUT2D eigenvalue weighted by atomic mass is 10.0. The second-order valence-corrected chi connectivity index (χ2v) is 4.85. The van der Waals surface area contributed by atoms with E-state index in [1.165, 1.54) is 0 Å². The fourth-order valence-corrected chi connectivity index (χ4v) is 2.22. The van der Waals surface area contributed by atoms with E-state index in [9.17, 15) is 0 Å². The van der Waals surface area contributed by atoms with Crippen molar-refractivity contribution in [2.24, 2.45) is 5.92 Å². The van der Waals surface area contributed by atoms with Crippen LogP contribution in [0.4, 0.5) is 11.6 Å². The average molecular weight is 250 g/mol. The maximum atomic E-state index is 5.78. The molecule has 2 rings (SSSR count). The minimum Gasteiger partial charge on any atom is -0.384 e. The molecule has 5 nitrogen and oxygen atoms in total. The van der Waals surface area contributed by atoms with Gasteiger partial charge < -0.3 is 15.8 Å². The number of hydrogen-bond acceptors (Lipinski definition) is 5. The van der Waals surface area contributed by atoms with Crippen molar-refractivity contribution in [3.8, 4) is 0 Å². The van der Waals surface area contributed by atoms with Crippen molar-refractivity contribution in [1.82, 2.24) is 9.97 Å². The average Bonchev–Trinajstić information content (AvgIpc) is 2.72. The fraction of sp³-hybridized carbons (Fsp3) is 0.692. The standard InChI is InChI=1S/C13H22N4O/c1-3-4-12-16-11(14)7-13(17-12)15-8-10-5-6-18-9(10)2/h7,9-10H,3-6,8H2,1-2H3,(H3,14,15,16,17). The Morgan fingerprint density at radius 1 is 1.50 bits per heavy atom. The van der Waals surface area contributed by atoms with Gasteiger partial charge in [0.05, 0.1) is 6.10 Å². The van der Waals surface area contributed by atoms with Crippen LogP contribution >= 0.6 is 0 Å². The SMILES string of the molecule is CCCc1nc(N)cc(NCC2CCOC2C)n1. The Bertz CT molecular complexity index is 397. The molecule has 3 N–H and O–H groups in total. The largest absolute Gasteiger partial charge is 0.384 e. The first-order chi connectivity index (χ1) is 8.69. The minimum absolute atomic E-state index is 0.326. The van der Waals surface area contributed by atoms with Crippen molar-refractivity contribution in [3.05, 3.63) is 11.9 Å². The van der Waals surface area contributed by atoms with Gasteiger partial charge in [0, 0.05) is 31.6 Å². The van der Waals surface area contributed by atoms with E-state index >= 15 is 0 Å². The van der Waals surface area contributed by atoms with Crippen molar-refractivity contribution in [2.75, 3.05) is 24.2 Å². The first kappa shape index (κ1) is 13.1. The third-order valence-corrected chi connectivity index (χ3v) is 3.34. The van der Waals surface area contributed by atoms with Gasteiger partial charge in [0.25, 0.3) is 0 Å². The monoisotopic (exact) mass is 250 g/mol. The highest BCUT2D eigenvalue weighted by Gasteiger charge is 2.23. The Morgan fingerprint density at radius 2 is 2.33 bits per heavy atom. The molecule has 1 aromatic rings. The maximum absolute atomic E-state index is 5.78. The molecule has 0 aromatic carbocycles. The molecular formula is C13H22N4O. The number of nitrogens with one attached hydrogen (secondary N) is 1. The summed E-state index contributed by atoms with van der Waals surface area (Å²) < 4.78 is 5.54. The minimum atomic E-state index is 0.326. The van der Waals surface area contributed by atoms with Gasteiger partial charge in [-0.1, -0.05) is 6.92 Å². The van der Waals surface area contributed by atoms with E-state index < -0.39 is 0 Å². The second kappa shape index (κ2) is 6.00. The lowest BCUT2D eigenvalue weighted by Crippen LogP contribution is -2.21. The molecule has 0 saturated carbocycles. The molecule has 18 heavy (non-hydrogen) atoms. The summed E-state index contributed by atoms with van der Waals surface area (Å²) in [5, 5.41) is 3.35. The van der Waals surface area contributed by atoms with E-state index in [1.54, 1.807) is 6.07 Å². The summed E-state index contributed by atoms with van der Waals surface area (Å²) in [7, 11) is 0. The Kier molecular flexibility index (Phi) is 4.36. The highest BCUT2D eigenvalue weighted by Crippen LogP contribution is 2.21. The zero-order chi connectivity index (χ0) is 13.0. The number of nitrogen functional groups attached to an aromatic ring is 1. The number of rotatable bonds is 5. The van der Waals surface area contributed by atoms with Crippen LogP contribution in [0.5, 0.6) is 0 Å². The molecular weight excluding hydrogens is 228 g/mol. The summed E-state index contributed by atoms with van der Waals surface area (Å²) in [5.74, 6) is 2.73. The van der Waals surface area contributed by atoms with Crippen LogP contribution in [0, 0.1) is 5.92 Å². The van der Waals surface area contributed by atoms with Gasteiger partial charge in [-0.15, -0.1) is 0 Å². The van der Waals surface area contributed by atoms with Crippen molar-refractivity contribution >= 4 is 11.6 Å². The molecule has 1 aliphatic heterocycles. The Hall–Kier alpha value is -1.36. The van der Waals surface area contributed by atoms with E-state index in [1.807, 2.05) is 0 Å². The number of anilines is 2. The summed E-state index contributed by atoms with van der Waals surface area (Å²) in [6.45, 7) is 5.97. The number of ether oxygens (including phenoxy) is 1. The first-order valence-electron chi connectivity index (χ1n) is 6.68. The van der Waals surface area contributed by atoms with Gasteiger partial charge in [-0.3, -0.25) is 0 Å². The first-order valence-corrected chi connectivity index (χ1v) is 6.68. The van der Waals surface area contributed by atoms with Gasteiger partial charge >= 0.3 is 0 Å². The highest BCUT2D eigenvalue weighted by molar-refractivity contribution is 5.44. The van der Waals surface area contributed by atoms with Crippen LogP contribution in [0.3, 0.4) is 0 Å². The van der Waals surface area contributed by atoms with Gasteiger partial charge in [-0.2, -0.15) is 0 Å². The highest BCUT2D eigenvalue weighted by atomic mass is 16.5. The summed E-state index contributed by atoms with van der Waals surface area (Å²) >= 11 is 0. The molecule has 1 saturated heterocycles. The summed E-state index contributed by atoms with van der Waals surface area (Å²) in [6, 6.07) is 1.79. The number of nitrogens with zero attached hydrogens (tertiary/aromatic N) is 2. The van der Waals surface area contributed by atoms with Gasteiger partial charge in [0.15, 0.2) is 0 Å². The van der Waals surface area contributed by atoms with Gasteiger partial charge in [-0.25, -0.2) is 9.97 Å². The molecule has 0 radical (unpaired) electrons. The molecule has 0 aliphatic carbocycles. The van der Waals surface area contributed by atoms with Crippen LogP contribution < -0.4 is 11.1 Å². The summed E-state index contributed by atoms with van der Waals surface area (Å²) in [4.78, 5) is 8.69. The number of hydrogen-bond donors (Lipinski definition) is 2. The predicted molar refractivity (Wildman–Crippen MR) is 72.5 cm³/mol. The predicted octanol–water partition coefficient (Wildman–Crippen LogP) is 1.85. The molecule has 2 unspecified atom stereocenters. The molecule has 1 aromatic heterocycles. The zero-order valence-electron chi connectivity index (χ0n) is 11.1. The second-order valence-electron chi connectivity index (χ2n) is 4.85. The molecule has 2 heterocycles. The number of nitrogens with two attached hydrogens (primary N) is 1. The molecule has 0 spiro atoms. The number of aromatic nitrogens is 2. The quantitative estimate of drug-likeness (QED) is 0.834. The van der Waals surface area contributed by atoms with Crippen LogP contribution in [-0.2, 0) is 11.2 Å². The molecule has 0 amide bonds. The van der Waals surface area contributed by atoms with Crippen molar-refractivity contribution in [3.63, 3.8) is 0 Å². The molecule has 5 heteroatoms. The van der Waals surface area contributed by atoms with Crippen LogP contribution in [0.25, 0.3) is 0 Å². The van der Waals surface area contributed by atoms with E-state index in [0.29, 0.717) is 17.8 Å². The van der Waals surface area contributed by atoms with Crippen molar-refractivity contribution in [2.45, 2.75) is 39.2 Å². The Labute approximate surface area is 108 Å². The fourth-order valence-electron chi connectivity index (χ4n) is 2.22. The maximum Gasteiger partial charge on any atom is 0.133 e. The molecule has 100 valence electrons. The normalized spacial score (nSPS) is 23.2. The van der Waals surface area contributed by atoms with E-state index in [0.717, 1.165) is 44.1 Å². The Morgan fingerprint density at radius 3 is 3.00 bits per heavy atom. The topological polar surface area (TPSA) is 73.1 Å². The summed E-state index contributed by atoms with van der Waals surface area (Å²) in [6.07, 6.45) is 3.32. The van der Waals surface area contributed by atoms with Gasteiger partial charge in [0.2, 0.25) is 0 Å². The molecule has 1 aliphatic rings. The van der Waals surface area contributed by atoms with Gasteiger partial charge in [0.1, 0.15) is 17.5 Å². The van der Waals surface area contributed by atoms with Crippen LogP contribution in [0.15, 0.2) is 6.07 Å². The third kappa shape index (κ3) is 3.32. The lowest BCUT2D eigenvalue weighted by Gasteiger charge is -2.15. The molecule has 0 bridgehead atoms. The Balaban J connectivity index is 1.95. The molecule has 1 fully saturated rings. The van der Waals surface area contributed by atoms with Crippen molar-refractivity contribution in [1.29, 1.82) is 0 Å².